The lowest BCUT2D eigenvalue weighted by molar-refractivity contribution is -0.205. The van der Waals surface area contributed by atoms with E-state index in [4.69, 9.17) is 15.2 Å². The van der Waals surface area contributed by atoms with E-state index in [1.807, 2.05) is 0 Å². The first-order valence-corrected chi connectivity index (χ1v) is 4.03. The summed E-state index contributed by atoms with van der Waals surface area (Å²) in [5, 5.41) is 19.0. The third-order valence-corrected chi connectivity index (χ3v) is 2.56. The Bertz CT molecular complexity index is 188. The molecule has 0 spiro atoms. The van der Waals surface area contributed by atoms with E-state index in [9.17, 15) is 10.2 Å². The van der Waals surface area contributed by atoms with Crippen LogP contribution in [0, 0.1) is 0 Å². The molecule has 0 aromatic heterocycles. The highest BCUT2D eigenvalue weighted by molar-refractivity contribution is 5.00. The highest BCUT2D eigenvalue weighted by atomic mass is 16.7. The highest BCUT2D eigenvalue weighted by Gasteiger charge is 2.53. The Morgan fingerprint density at radius 2 is 2.25 bits per heavy atom. The molecule has 5 heteroatoms. The van der Waals surface area contributed by atoms with Crippen LogP contribution in [0.4, 0.5) is 0 Å². The fourth-order valence-corrected chi connectivity index (χ4v) is 1.74. The molecule has 0 aliphatic carbocycles. The molecule has 0 saturated carbocycles. The molecule has 2 bridgehead atoms. The molecule has 2 aliphatic heterocycles. The molecule has 0 aromatic carbocycles. The van der Waals surface area contributed by atoms with Crippen molar-refractivity contribution in [2.75, 3.05) is 13.2 Å². The van der Waals surface area contributed by atoms with Crippen LogP contribution in [0.15, 0.2) is 0 Å². The Morgan fingerprint density at radius 1 is 1.50 bits per heavy atom. The lowest BCUT2D eigenvalue weighted by atomic mass is 9.90. The normalized spacial score (nSPS) is 52.8. The number of ether oxygens (including phenoxy) is 2. The van der Waals surface area contributed by atoms with E-state index < -0.39 is 24.1 Å². The van der Waals surface area contributed by atoms with Crippen LogP contribution >= 0.6 is 0 Å². The third-order valence-electron chi connectivity index (χ3n) is 2.56. The van der Waals surface area contributed by atoms with Gasteiger partial charge in [0.05, 0.1) is 12.7 Å². The molecule has 4 atom stereocenters. The summed E-state index contributed by atoms with van der Waals surface area (Å²) < 4.78 is 10.5. The summed E-state index contributed by atoms with van der Waals surface area (Å²) in [5.41, 5.74) is 4.58. The largest absolute Gasteiger partial charge is 0.390 e. The average molecular weight is 175 g/mol. The van der Waals surface area contributed by atoms with Crippen LogP contribution in [0.2, 0.25) is 0 Å². The van der Waals surface area contributed by atoms with Gasteiger partial charge in [0.2, 0.25) is 0 Å². The van der Waals surface area contributed by atoms with Crippen molar-refractivity contribution in [1.82, 2.24) is 0 Å². The smallest absolute Gasteiger partial charge is 0.161 e. The first-order valence-electron chi connectivity index (χ1n) is 4.03. The second-order valence-corrected chi connectivity index (χ2v) is 3.38. The van der Waals surface area contributed by atoms with Gasteiger partial charge in [-0.2, -0.15) is 0 Å². The van der Waals surface area contributed by atoms with Gasteiger partial charge in [-0.1, -0.05) is 0 Å². The van der Waals surface area contributed by atoms with Crippen molar-refractivity contribution < 1.29 is 19.7 Å². The van der Waals surface area contributed by atoms with Crippen LogP contribution in [0.3, 0.4) is 0 Å². The van der Waals surface area contributed by atoms with Crippen molar-refractivity contribution in [3.8, 4) is 0 Å². The maximum Gasteiger partial charge on any atom is 0.161 e. The number of fused-ring (bicyclic) bond motifs is 2. The van der Waals surface area contributed by atoms with Crippen LogP contribution < -0.4 is 5.73 Å². The number of nitrogens with two attached hydrogens (primary N) is 1. The summed E-state index contributed by atoms with van der Waals surface area (Å²) in [6.45, 7) is 0.439. The first kappa shape index (κ1) is 8.40. The third kappa shape index (κ3) is 0.982. The summed E-state index contributed by atoms with van der Waals surface area (Å²) in [7, 11) is 0. The van der Waals surface area contributed by atoms with Gasteiger partial charge in [0, 0.05) is 13.0 Å². The molecule has 12 heavy (non-hydrogen) atoms. The van der Waals surface area contributed by atoms with Crippen molar-refractivity contribution in [2.24, 2.45) is 5.73 Å². The monoisotopic (exact) mass is 175 g/mol. The molecule has 0 radical (unpaired) electrons. The predicted octanol–water partition coefficient (Wildman–Crippen LogP) is -1.82. The van der Waals surface area contributed by atoms with Crippen molar-refractivity contribution in [2.45, 2.75) is 30.5 Å². The second kappa shape index (κ2) is 2.65. The zero-order valence-electron chi connectivity index (χ0n) is 6.64. The van der Waals surface area contributed by atoms with Gasteiger partial charge in [-0.25, -0.2) is 0 Å². The number of rotatable bonds is 1. The summed E-state index contributed by atoms with van der Waals surface area (Å²) >= 11 is 0. The number of aliphatic hydroxyl groups excluding tert-OH is 2. The lowest BCUT2D eigenvalue weighted by Crippen LogP contribution is -2.58. The van der Waals surface area contributed by atoms with E-state index in [0.717, 1.165) is 0 Å². The lowest BCUT2D eigenvalue weighted by Gasteiger charge is -2.37. The van der Waals surface area contributed by atoms with E-state index in [2.05, 4.69) is 0 Å². The summed E-state index contributed by atoms with van der Waals surface area (Å²) in [6.07, 6.45) is -1.79. The van der Waals surface area contributed by atoms with Crippen LogP contribution in [0.1, 0.15) is 6.42 Å². The van der Waals surface area contributed by atoms with Crippen molar-refractivity contribution in [3.05, 3.63) is 0 Å². The van der Waals surface area contributed by atoms with Gasteiger partial charge in [0.25, 0.3) is 0 Å². The zero-order chi connectivity index (χ0) is 8.77. The van der Waals surface area contributed by atoms with E-state index in [1.54, 1.807) is 0 Å². The Labute approximate surface area is 70.1 Å². The summed E-state index contributed by atoms with van der Waals surface area (Å²) in [5.74, 6) is 0. The van der Waals surface area contributed by atoms with Crippen LogP contribution in [-0.4, -0.2) is 47.5 Å². The quantitative estimate of drug-likeness (QED) is 0.437. The zero-order valence-corrected chi connectivity index (χ0v) is 6.64. The molecule has 0 amide bonds. The summed E-state index contributed by atoms with van der Waals surface area (Å²) in [6, 6.07) is 0. The van der Waals surface area contributed by atoms with Gasteiger partial charge in [-0.05, 0) is 0 Å². The molecular formula is C7H13NO4. The van der Waals surface area contributed by atoms with Gasteiger partial charge in [0.1, 0.15) is 11.7 Å². The molecule has 0 aromatic rings. The minimum atomic E-state index is -0.929. The molecule has 2 saturated heterocycles. The Kier molecular flexibility index (Phi) is 1.85. The van der Waals surface area contributed by atoms with Gasteiger partial charge >= 0.3 is 0 Å². The predicted molar refractivity (Wildman–Crippen MR) is 39.2 cm³/mol. The Balaban J connectivity index is 2.21. The molecular weight excluding hydrogens is 162 g/mol. The number of aliphatic hydroxyl groups is 2. The van der Waals surface area contributed by atoms with Gasteiger partial charge in [-0.3, -0.25) is 0 Å². The fraction of sp³-hybridized carbons (Fsp3) is 1.00. The molecule has 2 unspecified atom stereocenters. The Morgan fingerprint density at radius 3 is 2.92 bits per heavy atom. The molecule has 4 N–H and O–H groups in total. The van der Waals surface area contributed by atoms with Crippen LogP contribution in [0.25, 0.3) is 0 Å². The van der Waals surface area contributed by atoms with Crippen molar-refractivity contribution >= 4 is 0 Å². The number of hydrogen-bond acceptors (Lipinski definition) is 5. The van der Waals surface area contributed by atoms with E-state index in [1.165, 1.54) is 0 Å². The van der Waals surface area contributed by atoms with E-state index in [-0.39, 0.29) is 13.2 Å². The fourth-order valence-electron chi connectivity index (χ4n) is 1.74. The van der Waals surface area contributed by atoms with Crippen LogP contribution in [-0.2, 0) is 9.47 Å². The Hall–Kier alpha value is -0.200. The maximum atomic E-state index is 9.58. The SMILES string of the molecule is NCC12COC(C[C@@H](O)[C@H]1O)O2. The molecule has 2 heterocycles. The minimum Gasteiger partial charge on any atom is -0.390 e. The topological polar surface area (TPSA) is 84.9 Å². The standard InChI is InChI=1S/C7H13NO4/c8-2-7-3-11-5(12-7)1-4(9)6(7)10/h4-6,9-10H,1-3,8H2/t4-,5?,6-,7?/m1/s1. The molecule has 2 aliphatic rings. The molecule has 70 valence electrons. The summed E-state index contributed by atoms with van der Waals surface area (Å²) in [4.78, 5) is 0. The van der Waals surface area contributed by atoms with Gasteiger partial charge in [0.15, 0.2) is 6.29 Å². The van der Waals surface area contributed by atoms with Crippen LogP contribution in [0.5, 0.6) is 0 Å². The molecule has 2 rings (SSSR count). The van der Waals surface area contributed by atoms with Gasteiger partial charge < -0.3 is 25.4 Å². The van der Waals surface area contributed by atoms with Crippen molar-refractivity contribution in [3.63, 3.8) is 0 Å². The van der Waals surface area contributed by atoms with Crippen molar-refractivity contribution in [1.29, 1.82) is 0 Å². The number of hydrogen-bond donors (Lipinski definition) is 3. The minimum absolute atomic E-state index is 0.168. The van der Waals surface area contributed by atoms with E-state index >= 15 is 0 Å². The molecule has 5 nitrogen and oxygen atoms in total. The highest BCUT2D eigenvalue weighted by Crippen LogP contribution is 2.35. The second-order valence-electron chi connectivity index (χ2n) is 3.38. The first-order chi connectivity index (χ1) is 5.68. The average Bonchev–Trinajstić information content (AvgIpc) is 2.43. The maximum absolute atomic E-state index is 9.58. The molecule has 2 fully saturated rings. The van der Waals surface area contributed by atoms with E-state index in [0.29, 0.717) is 6.42 Å². The van der Waals surface area contributed by atoms with Gasteiger partial charge in [-0.15, -0.1) is 0 Å².